The molecule has 2 heterocycles. The van der Waals surface area contributed by atoms with Crippen LogP contribution in [0.2, 0.25) is 0 Å². The number of ketones is 1. The highest BCUT2D eigenvalue weighted by atomic mass is 32.1. The van der Waals surface area contributed by atoms with Crippen LogP contribution in [0, 0.1) is 13.8 Å². The summed E-state index contributed by atoms with van der Waals surface area (Å²) >= 11 is 1.68. The Bertz CT molecular complexity index is 704. The summed E-state index contributed by atoms with van der Waals surface area (Å²) in [6, 6.07) is 4.23. The van der Waals surface area contributed by atoms with Gasteiger partial charge < -0.3 is 9.72 Å². The normalized spacial score (nSPS) is 12.4. The SMILES string of the molecule is COC(=O)c1c(C)[nH]c(C(=O)CN(C)[C@H](C)c2cccs2)c1C. The summed E-state index contributed by atoms with van der Waals surface area (Å²) in [6.07, 6.45) is 0. The van der Waals surface area contributed by atoms with Crippen LogP contribution < -0.4 is 0 Å². The average Bonchev–Trinajstić information content (AvgIpc) is 3.14. The zero-order valence-electron chi connectivity index (χ0n) is 14.1. The van der Waals surface area contributed by atoms with E-state index in [2.05, 4.69) is 18.0 Å². The molecule has 0 aromatic carbocycles. The topological polar surface area (TPSA) is 62.4 Å². The third-order valence-corrected chi connectivity index (χ3v) is 5.16. The van der Waals surface area contributed by atoms with Gasteiger partial charge in [0.05, 0.1) is 24.9 Å². The molecule has 6 heteroatoms. The molecular formula is C17H22N2O3S. The number of hydrogen-bond donors (Lipinski definition) is 1. The Hall–Kier alpha value is -1.92. The minimum Gasteiger partial charge on any atom is -0.465 e. The first-order valence-corrected chi connectivity index (χ1v) is 8.29. The van der Waals surface area contributed by atoms with Crippen LogP contribution in [0.4, 0.5) is 0 Å². The quantitative estimate of drug-likeness (QED) is 0.650. The molecule has 124 valence electrons. The van der Waals surface area contributed by atoms with Gasteiger partial charge in [0.1, 0.15) is 0 Å². The number of thiophene rings is 1. The summed E-state index contributed by atoms with van der Waals surface area (Å²) in [4.78, 5) is 30.7. The zero-order valence-corrected chi connectivity index (χ0v) is 14.9. The number of nitrogens with one attached hydrogen (secondary N) is 1. The molecule has 2 aromatic heterocycles. The Kier molecular flexibility index (Phi) is 5.38. The van der Waals surface area contributed by atoms with E-state index in [-0.39, 0.29) is 18.4 Å². The second kappa shape index (κ2) is 7.10. The molecule has 0 radical (unpaired) electrons. The van der Waals surface area contributed by atoms with Gasteiger partial charge in [0, 0.05) is 16.6 Å². The number of H-pyrrole nitrogens is 1. The lowest BCUT2D eigenvalue weighted by atomic mass is 10.1. The van der Waals surface area contributed by atoms with Crippen LogP contribution in [0.1, 0.15) is 49.9 Å². The molecule has 0 bridgehead atoms. The van der Waals surface area contributed by atoms with Crippen molar-refractivity contribution >= 4 is 23.1 Å². The molecular weight excluding hydrogens is 312 g/mol. The van der Waals surface area contributed by atoms with Gasteiger partial charge >= 0.3 is 5.97 Å². The summed E-state index contributed by atoms with van der Waals surface area (Å²) in [5, 5.41) is 2.03. The predicted octanol–water partition coefficient (Wildman–Crippen LogP) is 3.36. The standard InChI is InChI=1S/C17H22N2O3S/c1-10-15(17(21)22-5)11(2)18-16(10)13(20)9-19(4)12(3)14-7-6-8-23-14/h6-8,12,18H,9H2,1-5H3/t12-/m1/s1. The maximum atomic E-state index is 12.6. The van der Waals surface area contributed by atoms with Gasteiger partial charge in [-0.1, -0.05) is 6.07 Å². The number of likely N-dealkylation sites (N-methyl/N-ethyl adjacent to an activating group) is 1. The lowest BCUT2D eigenvalue weighted by Gasteiger charge is -2.22. The number of rotatable bonds is 6. The fraction of sp³-hybridized carbons (Fsp3) is 0.412. The molecule has 23 heavy (non-hydrogen) atoms. The van der Waals surface area contributed by atoms with Gasteiger partial charge in [0.2, 0.25) is 0 Å². The Morgan fingerprint density at radius 1 is 1.39 bits per heavy atom. The van der Waals surface area contributed by atoms with Gasteiger partial charge in [0.25, 0.3) is 0 Å². The van der Waals surface area contributed by atoms with Crippen LogP contribution in [0.25, 0.3) is 0 Å². The van der Waals surface area contributed by atoms with Crippen LogP contribution in [0.5, 0.6) is 0 Å². The van der Waals surface area contributed by atoms with Gasteiger partial charge in [0.15, 0.2) is 5.78 Å². The number of hydrogen-bond acceptors (Lipinski definition) is 5. The number of aromatic nitrogens is 1. The smallest absolute Gasteiger partial charge is 0.339 e. The molecule has 2 aromatic rings. The van der Waals surface area contributed by atoms with Gasteiger partial charge in [-0.05, 0) is 44.8 Å². The third-order valence-electron chi connectivity index (χ3n) is 4.11. The fourth-order valence-electron chi connectivity index (χ4n) is 2.63. The van der Waals surface area contributed by atoms with E-state index in [0.717, 1.165) is 0 Å². The molecule has 0 saturated heterocycles. The molecule has 5 nitrogen and oxygen atoms in total. The predicted molar refractivity (Wildman–Crippen MR) is 91.3 cm³/mol. The number of Topliss-reactive ketones (excluding diaryl/α,β-unsaturated/α-hetero) is 1. The molecule has 0 spiro atoms. The molecule has 0 amide bonds. The highest BCUT2D eigenvalue weighted by molar-refractivity contribution is 7.10. The van der Waals surface area contributed by atoms with Gasteiger partial charge in [-0.3, -0.25) is 9.69 Å². The van der Waals surface area contributed by atoms with Crippen LogP contribution in [-0.4, -0.2) is 42.3 Å². The minimum atomic E-state index is -0.421. The minimum absolute atomic E-state index is 0.0355. The van der Waals surface area contributed by atoms with Crippen molar-refractivity contribution in [2.45, 2.75) is 26.8 Å². The first-order valence-electron chi connectivity index (χ1n) is 7.41. The van der Waals surface area contributed by atoms with Crippen LogP contribution in [0.3, 0.4) is 0 Å². The maximum Gasteiger partial charge on any atom is 0.339 e. The van der Waals surface area contributed by atoms with Crippen molar-refractivity contribution in [3.05, 3.63) is 44.9 Å². The highest BCUT2D eigenvalue weighted by Gasteiger charge is 2.24. The largest absolute Gasteiger partial charge is 0.465 e. The van der Waals surface area contributed by atoms with Crippen LogP contribution in [0.15, 0.2) is 17.5 Å². The van der Waals surface area contributed by atoms with E-state index >= 15 is 0 Å². The molecule has 0 unspecified atom stereocenters. The lowest BCUT2D eigenvalue weighted by Crippen LogP contribution is -2.29. The second-order valence-electron chi connectivity index (χ2n) is 5.65. The van der Waals surface area contributed by atoms with Crippen molar-refractivity contribution in [1.29, 1.82) is 0 Å². The van der Waals surface area contributed by atoms with Gasteiger partial charge in [-0.2, -0.15) is 0 Å². The highest BCUT2D eigenvalue weighted by Crippen LogP contribution is 2.24. The van der Waals surface area contributed by atoms with E-state index in [0.29, 0.717) is 22.5 Å². The summed E-state index contributed by atoms with van der Waals surface area (Å²) in [6.45, 7) is 5.89. The number of carbonyl (C=O) groups excluding carboxylic acids is 2. The Morgan fingerprint density at radius 2 is 2.09 bits per heavy atom. The Balaban J connectivity index is 2.17. The lowest BCUT2D eigenvalue weighted by molar-refractivity contribution is 0.0599. The number of nitrogens with zero attached hydrogens (tertiary/aromatic N) is 1. The average molecular weight is 334 g/mol. The molecule has 0 saturated carbocycles. The summed E-state index contributed by atoms with van der Waals surface area (Å²) < 4.78 is 4.78. The number of aryl methyl sites for hydroxylation is 1. The van der Waals surface area contributed by atoms with E-state index in [1.54, 1.807) is 25.2 Å². The summed E-state index contributed by atoms with van der Waals surface area (Å²) in [5.41, 5.74) is 2.24. The molecule has 2 rings (SSSR count). The number of aromatic amines is 1. The van der Waals surface area contributed by atoms with Crippen molar-refractivity contribution < 1.29 is 14.3 Å². The van der Waals surface area contributed by atoms with Crippen molar-refractivity contribution in [1.82, 2.24) is 9.88 Å². The Morgan fingerprint density at radius 3 is 2.65 bits per heavy atom. The molecule has 1 atom stereocenters. The zero-order chi connectivity index (χ0) is 17.1. The van der Waals surface area contributed by atoms with E-state index in [1.807, 2.05) is 23.4 Å². The maximum absolute atomic E-state index is 12.6. The van der Waals surface area contributed by atoms with E-state index in [1.165, 1.54) is 12.0 Å². The summed E-state index contributed by atoms with van der Waals surface area (Å²) in [7, 11) is 3.26. The van der Waals surface area contributed by atoms with E-state index in [9.17, 15) is 9.59 Å². The third kappa shape index (κ3) is 3.54. The molecule has 0 fully saturated rings. The van der Waals surface area contributed by atoms with Crippen molar-refractivity contribution in [3.8, 4) is 0 Å². The molecule has 0 aliphatic heterocycles. The fourth-order valence-corrected chi connectivity index (χ4v) is 3.47. The molecule has 0 aliphatic carbocycles. The monoisotopic (exact) mass is 334 g/mol. The first kappa shape index (κ1) is 17.4. The van der Waals surface area contributed by atoms with E-state index < -0.39 is 5.97 Å². The number of ether oxygens (including phenoxy) is 1. The Labute approximate surface area is 140 Å². The van der Waals surface area contributed by atoms with Crippen LogP contribution >= 0.6 is 11.3 Å². The summed E-state index contributed by atoms with van der Waals surface area (Å²) in [5.74, 6) is -0.456. The van der Waals surface area contributed by atoms with E-state index in [4.69, 9.17) is 4.74 Å². The van der Waals surface area contributed by atoms with Crippen LogP contribution in [-0.2, 0) is 4.74 Å². The van der Waals surface area contributed by atoms with Crippen molar-refractivity contribution in [2.24, 2.45) is 0 Å². The van der Waals surface area contributed by atoms with Crippen molar-refractivity contribution in [2.75, 3.05) is 20.7 Å². The number of esters is 1. The molecule has 1 N–H and O–H groups in total. The van der Waals surface area contributed by atoms with Crippen molar-refractivity contribution in [3.63, 3.8) is 0 Å². The van der Waals surface area contributed by atoms with Gasteiger partial charge in [-0.15, -0.1) is 11.3 Å². The number of carbonyl (C=O) groups is 2. The number of methoxy groups -OCH3 is 1. The molecule has 0 aliphatic rings. The van der Waals surface area contributed by atoms with Gasteiger partial charge in [-0.25, -0.2) is 4.79 Å². The second-order valence-corrected chi connectivity index (χ2v) is 6.63. The first-order chi connectivity index (χ1) is 10.9.